The van der Waals surface area contributed by atoms with Crippen LogP contribution in [0.5, 0.6) is 11.6 Å². The molecule has 0 N–H and O–H groups in total. The summed E-state index contributed by atoms with van der Waals surface area (Å²) in [5.41, 5.74) is 3.98. The van der Waals surface area contributed by atoms with Gasteiger partial charge in [-0.15, -0.1) is 0 Å². The summed E-state index contributed by atoms with van der Waals surface area (Å²) in [6, 6.07) is 16.0. The Balaban J connectivity index is 1.45. The van der Waals surface area contributed by atoms with E-state index in [2.05, 4.69) is 20.6 Å². The molecule has 0 unspecified atom stereocenters. The summed E-state index contributed by atoms with van der Waals surface area (Å²) in [7, 11) is -3.28. The van der Waals surface area contributed by atoms with Crippen LogP contribution in [0.4, 0.5) is 5.69 Å². The highest BCUT2D eigenvalue weighted by atomic mass is 32.2. The second-order valence-electron chi connectivity index (χ2n) is 9.26. The van der Waals surface area contributed by atoms with Gasteiger partial charge >= 0.3 is 0 Å². The molecule has 1 saturated carbocycles. The van der Waals surface area contributed by atoms with Gasteiger partial charge in [0.15, 0.2) is 0 Å². The largest absolute Gasteiger partial charge is 0.437 e. The summed E-state index contributed by atoms with van der Waals surface area (Å²) < 4.78 is 34.8. The molecule has 2 aliphatic rings. The van der Waals surface area contributed by atoms with Crippen LogP contribution in [0.2, 0.25) is 0 Å². The molecule has 1 aliphatic carbocycles. The molecule has 0 bridgehead atoms. The SMILES string of the molecule is N#Cc1c(-c2ccc(N3CCCCS3(=O)=O)cc2)n(C2CCC2)c2cc(Oc3cnccn3)ccc12. The molecule has 6 rings (SSSR count). The van der Waals surface area contributed by atoms with Gasteiger partial charge in [-0.1, -0.05) is 12.1 Å². The monoisotopic (exact) mass is 499 g/mol. The van der Waals surface area contributed by atoms with Crippen molar-refractivity contribution < 1.29 is 13.2 Å². The molecule has 2 aromatic carbocycles. The third-order valence-electron chi connectivity index (χ3n) is 7.07. The molecule has 9 heteroatoms. The van der Waals surface area contributed by atoms with Crippen LogP contribution in [0, 0.1) is 11.3 Å². The number of fused-ring (bicyclic) bond motifs is 1. The summed E-state index contributed by atoms with van der Waals surface area (Å²) in [5, 5.41) is 11.1. The fourth-order valence-corrected chi connectivity index (χ4v) is 6.74. The zero-order valence-corrected chi connectivity index (χ0v) is 20.5. The Hall–Kier alpha value is -3.90. The molecule has 4 aromatic rings. The van der Waals surface area contributed by atoms with Crippen LogP contribution >= 0.6 is 0 Å². The predicted octanol–water partition coefficient (Wildman–Crippen LogP) is 5.42. The van der Waals surface area contributed by atoms with Gasteiger partial charge in [-0.05, 0) is 61.9 Å². The van der Waals surface area contributed by atoms with Crippen molar-refractivity contribution in [2.24, 2.45) is 0 Å². The maximum Gasteiger partial charge on any atom is 0.237 e. The molecule has 0 atom stereocenters. The van der Waals surface area contributed by atoms with Gasteiger partial charge in [0.05, 0.1) is 34.4 Å². The van der Waals surface area contributed by atoms with Crippen molar-refractivity contribution in [2.75, 3.05) is 16.6 Å². The number of sulfonamides is 1. The van der Waals surface area contributed by atoms with Crippen molar-refractivity contribution in [3.63, 3.8) is 0 Å². The first-order valence-electron chi connectivity index (χ1n) is 12.2. The van der Waals surface area contributed by atoms with Crippen LogP contribution in [0.25, 0.3) is 22.2 Å². The molecule has 2 aromatic heterocycles. The van der Waals surface area contributed by atoms with Gasteiger partial charge in [-0.2, -0.15) is 5.26 Å². The molecule has 36 heavy (non-hydrogen) atoms. The number of hydrogen-bond donors (Lipinski definition) is 0. The third kappa shape index (κ3) is 3.88. The average Bonchev–Trinajstić information content (AvgIpc) is 3.17. The van der Waals surface area contributed by atoms with E-state index in [-0.39, 0.29) is 5.75 Å². The highest BCUT2D eigenvalue weighted by Gasteiger charge is 2.29. The summed E-state index contributed by atoms with van der Waals surface area (Å²) in [4.78, 5) is 8.25. The lowest BCUT2D eigenvalue weighted by atomic mass is 9.92. The quantitative estimate of drug-likeness (QED) is 0.364. The molecular formula is C27H25N5O3S. The molecule has 0 radical (unpaired) electrons. The van der Waals surface area contributed by atoms with Gasteiger partial charge in [0.25, 0.3) is 0 Å². The smallest absolute Gasteiger partial charge is 0.237 e. The van der Waals surface area contributed by atoms with E-state index in [1.807, 2.05) is 42.5 Å². The Labute approximate surface area is 209 Å². The van der Waals surface area contributed by atoms with Gasteiger partial charge in [0.1, 0.15) is 11.8 Å². The number of benzene rings is 2. The predicted molar refractivity (Wildman–Crippen MR) is 137 cm³/mol. The number of ether oxygens (including phenoxy) is 1. The minimum absolute atomic E-state index is 0.183. The Bertz CT molecular complexity index is 1570. The zero-order chi connectivity index (χ0) is 24.7. The van der Waals surface area contributed by atoms with Gasteiger partial charge in [-0.25, -0.2) is 13.4 Å². The van der Waals surface area contributed by atoms with Crippen molar-refractivity contribution in [3.05, 3.63) is 66.6 Å². The first-order valence-corrected chi connectivity index (χ1v) is 13.8. The molecule has 0 spiro atoms. The number of anilines is 1. The minimum Gasteiger partial charge on any atom is -0.437 e. The van der Waals surface area contributed by atoms with Gasteiger partial charge < -0.3 is 9.30 Å². The van der Waals surface area contributed by atoms with Crippen LogP contribution in [-0.4, -0.2) is 35.3 Å². The topological polar surface area (TPSA) is 101 Å². The number of nitrogens with zero attached hydrogens (tertiary/aromatic N) is 5. The second-order valence-corrected chi connectivity index (χ2v) is 11.3. The fourth-order valence-electron chi connectivity index (χ4n) is 5.10. The molecular weight excluding hydrogens is 474 g/mol. The van der Waals surface area contributed by atoms with E-state index in [4.69, 9.17) is 4.74 Å². The third-order valence-corrected chi connectivity index (χ3v) is 8.94. The summed E-state index contributed by atoms with van der Waals surface area (Å²) in [6.07, 6.45) is 9.52. The summed E-state index contributed by atoms with van der Waals surface area (Å²) in [5.74, 6) is 1.22. The molecule has 3 heterocycles. The van der Waals surface area contributed by atoms with Gasteiger partial charge in [0.2, 0.25) is 15.9 Å². The van der Waals surface area contributed by atoms with E-state index in [1.54, 1.807) is 18.6 Å². The van der Waals surface area contributed by atoms with Crippen molar-refractivity contribution in [3.8, 4) is 29.0 Å². The first kappa shape index (κ1) is 22.6. The number of aromatic nitrogens is 3. The normalized spacial score (nSPS) is 17.5. The second kappa shape index (κ2) is 8.95. The van der Waals surface area contributed by atoms with Crippen molar-refractivity contribution >= 4 is 26.6 Å². The van der Waals surface area contributed by atoms with Gasteiger partial charge in [-0.3, -0.25) is 9.29 Å². The standard InChI is InChI=1S/C27H25N5O3S/c28-17-24-23-11-10-22(35-26-18-29-12-13-30-26)16-25(23)32(21-4-3-5-21)27(24)19-6-8-20(9-7-19)31-14-1-2-15-36(31,33)34/h6-13,16,18,21H,1-5,14-15H2. The Morgan fingerprint density at radius 1 is 1.03 bits per heavy atom. The van der Waals surface area contributed by atoms with Crippen molar-refractivity contribution in [1.29, 1.82) is 5.26 Å². The molecule has 182 valence electrons. The highest BCUT2D eigenvalue weighted by molar-refractivity contribution is 7.92. The van der Waals surface area contributed by atoms with E-state index >= 15 is 0 Å². The Morgan fingerprint density at radius 2 is 1.86 bits per heavy atom. The molecule has 8 nitrogen and oxygen atoms in total. The number of hydrogen-bond acceptors (Lipinski definition) is 6. The Kier molecular flexibility index (Phi) is 5.61. The minimum atomic E-state index is -3.28. The maximum absolute atomic E-state index is 12.6. The lowest BCUT2D eigenvalue weighted by Gasteiger charge is -2.30. The highest BCUT2D eigenvalue weighted by Crippen LogP contribution is 2.44. The maximum atomic E-state index is 12.6. The molecule has 1 aliphatic heterocycles. The van der Waals surface area contributed by atoms with Crippen LogP contribution in [0.3, 0.4) is 0 Å². The zero-order valence-electron chi connectivity index (χ0n) is 19.7. The van der Waals surface area contributed by atoms with Crippen LogP contribution < -0.4 is 9.04 Å². The summed E-state index contributed by atoms with van der Waals surface area (Å²) in [6.45, 7) is 0.502. The van der Waals surface area contributed by atoms with E-state index in [1.165, 1.54) is 4.31 Å². The van der Waals surface area contributed by atoms with Crippen LogP contribution in [-0.2, 0) is 10.0 Å². The van der Waals surface area contributed by atoms with E-state index in [0.29, 0.717) is 41.9 Å². The van der Waals surface area contributed by atoms with E-state index in [9.17, 15) is 13.7 Å². The lowest BCUT2D eigenvalue weighted by molar-refractivity contribution is 0.324. The van der Waals surface area contributed by atoms with Crippen LogP contribution in [0.1, 0.15) is 43.7 Å². The molecule has 1 saturated heterocycles. The molecule has 0 amide bonds. The van der Waals surface area contributed by atoms with Crippen molar-refractivity contribution in [2.45, 2.75) is 38.1 Å². The first-order chi connectivity index (χ1) is 17.5. The molecule has 2 fully saturated rings. The Morgan fingerprint density at radius 3 is 2.53 bits per heavy atom. The van der Waals surface area contributed by atoms with Crippen LogP contribution in [0.15, 0.2) is 61.1 Å². The van der Waals surface area contributed by atoms with Crippen molar-refractivity contribution in [1.82, 2.24) is 14.5 Å². The summed E-state index contributed by atoms with van der Waals surface area (Å²) >= 11 is 0. The number of rotatable bonds is 5. The van der Waals surface area contributed by atoms with Gasteiger partial charge in [0, 0.05) is 36.4 Å². The average molecular weight is 500 g/mol. The number of nitriles is 1. The lowest BCUT2D eigenvalue weighted by Crippen LogP contribution is -2.37. The van der Waals surface area contributed by atoms with E-state index < -0.39 is 10.0 Å². The fraction of sp³-hybridized carbons (Fsp3) is 0.296. The van der Waals surface area contributed by atoms with E-state index in [0.717, 1.165) is 47.8 Å².